The van der Waals surface area contributed by atoms with Crippen LogP contribution in [0.2, 0.25) is 0 Å². The average molecular weight is 440 g/mol. The van der Waals surface area contributed by atoms with E-state index >= 15 is 0 Å². The first-order valence-electron chi connectivity index (χ1n) is 11.1. The molecule has 6 nitrogen and oxygen atoms in total. The Balaban J connectivity index is 0.000000352. The van der Waals surface area contributed by atoms with Gasteiger partial charge >= 0.3 is 0 Å². The van der Waals surface area contributed by atoms with Gasteiger partial charge in [-0.05, 0) is 38.5 Å². The van der Waals surface area contributed by atoms with E-state index in [-0.39, 0.29) is 11.9 Å². The number of hydrogen-bond acceptors (Lipinski definition) is 5. The summed E-state index contributed by atoms with van der Waals surface area (Å²) in [6.45, 7) is 11.4. The molecule has 1 N–H and O–H groups in total. The predicted octanol–water partition coefficient (Wildman–Crippen LogP) is 3.60. The van der Waals surface area contributed by atoms with Crippen LogP contribution in [0.4, 0.5) is 4.39 Å². The zero-order valence-electron chi connectivity index (χ0n) is 19.2. The standard InChI is InChI=1S/C19H29N5O.C6H5F/c1-16(23-11-9-22(10-12-23)14-19(2,3)25)18-21-20-15-24(18)13-17-7-5-4-6-8-17;7-6-4-2-1-3-5-6/h4-8,15-16,25H,9-14H2,1-3H3;1-5H. The molecule has 1 aromatic heterocycles. The quantitative estimate of drug-likeness (QED) is 0.636. The van der Waals surface area contributed by atoms with Crippen molar-refractivity contribution in [1.82, 2.24) is 24.6 Å². The van der Waals surface area contributed by atoms with E-state index in [0.29, 0.717) is 0 Å². The Morgan fingerprint density at radius 1 is 0.969 bits per heavy atom. The first-order valence-corrected chi connectivity index (χ1v) is 11.1. The SMILES string of the molecule is CC(c1nncn1Cc1ccccc1)N1CCN(CC(C)(C)O)CC1.Fc1ccccc1. The van der Waals surface area contributed by atoms with E-state index < -0.39 is 5.60 Å². The lowest BCUT2D eigenvalue weighted by Gasteiger charge is -2.39. The van der Waals surface area contributed by atoms with E-state index in [9.17, 15) is 9.50 Å². The molecule has 1 atom stereocenters. The molecule has 7 heteroatoms. The Morgan fingerprint density at radius 3 is 2.09 bits per heavy atom. The fourth-order valence-electron chi connectivity index (χ4n) is 3.92. The molecule has 1 saturated heterocycles. The number of aliphatic hydroxyl groups is 1. The van der Waals surface area contributed by atoms with Crippen molar-refractivity contribution < 1.29 is 9.50 Å². The molecule has 172 valence electrons. The summed E-state index contributed by atoms with van der Waals surface area (Å²) in [5, 5.41) is 18.5. The molecule has 2 heterocycles. The van der Waals surface area contributed by atoms with E-state index in [0.717, 1.165) is 45.1 Å². The van der Waals surface area contributed by atoms with Gasteiger partial charge in [0.15, 0.2) is 0 Å². The minimum Gasteiger partial charge on any atom is -0.389 e. The average Bonchev–Trinajstić information content (AvgIpc) is 3.22. The van der Waals surface area contributed by atoms with Crippen LogP contribution in [-0.2, 0) is 6.54 Å². The number of benzene rings is 2. The number of β-amino-alcohol motifs (C(OH)–C–C–N with tert-alkyl or cyclic N) is 1. The molecule has 0 spiro atoms. The van der Waals surface area contributed by atoms with E-state index in [4.69, 9.17) is 0 Å². The molecule has 3 aromatic rings. The number of hydrogen-bond donors (Lipinski definition) is 1. The molecule has 2 aromatic carbocycles. The van der Waals surface area contributed by atoms with Crippen LogP contribution < -0.4 is 0 Å². The zero-order valence-corrected chi connectivity index (χ0v) is 19.2. The molecule has 32 heavy (non-hydrogen) atoms. The summed E-state index contributed by atoms with van der Waals surface area (Å²) in [6, 6.07) is 18.6. The second-order valence-corrected chi connectivity index (χ2v) is 8.90. The van der Waals surface area contributed by atoms with E-state index in [2.05, 4.69) is 55.8 Å². The van der Waals surface area contributed by atoms with Crippen molar-refractivity contribution in [2.45, 2.75) is 39.0 Å². The highest BCUT2D eigenvalue weighted by molar-refractivity contribution is 5.15. The van der Waals surface area contributed by atoms with Crippen molar-refractivity contribution in [1.29, 1.82) is 0 Å². The van der Waals surface area contributed by atoms with Crippen molar-refractivity contribution in [3.8, 4) is 0 Å². The van der Waals surface area contributed by atoms with Gasteiger partial charge in [0, 0.05) is 32.7 Å². The topological polar surface area (TPSA) is 57.4 Å². The third kappa shape index (κ3) is 7.51. The summed E-state index contributed by atoms with van der Waals surface area (Å²) in [5.74, 6) is 0.835. The molecule has 0 aliphatic carbocycles. The lowest BCUT2D eigenvalue weighted by Crippen LogP contribution is -2.51. The van der Waals surface area contributed by atoms with Crippen molar-refractivity contribution in [3.05, 3.63) is 84.2 Å². The van der Waals surface area contributed by atoms with Crippen molar-refractivity contribution in [2.24, 2.45) is 0 Å². The summed E-state index contributed by atoms with van der Waals surface area (Å²) in [5.41, 5.74) is 0.620. The van der Waals surface area contributed by atoms with Crippen molar-refractivity contribution >= 4 is 0 Å². The van der Waals surface area contributed by atoms with Gasteiger partial charge in [0.05, 0.1) is 18.2 Å². The lowest BCUT2D eigenvalue weighted by molar-refractivity contribution is 0.0112. The second kappa shape index (κ2) is 11.3. The van der Waals surface area contributed by atoms with Gasteiger partial charge in [-0.3, -0.25) is 9.80 Å². The van der Waals surface area contributed by atoms with E-state index in [1.807, 2.05) is 26.2 Å². The second-order valence-electron chi connectivity index (χ2n) is 8.90. The third-order valence-electron chi connectivity index (χ3n) is 5.51. The maximum absolute atomic E-state index is 11.9. The van der Waals surface area contributed by atoms with Gasteiger partial charge in [0.1, 0.15) is 18.0 Å². The highest BCUT2D eigenvalue weighted by Crippen LogP contribution is 2.21. The summed E-state index contributed by atoms with van der Waals surface area (Å²) in [7, 11) is 0. The minimum absolute atomic E-state index is 0.178. The molecule has 0 radical (unpaired) electrons. The third-order valence-corrected chi connectivity index (χ3v) is 5.51. The van der Waals surface area contributed by atoms with Crippen molar-refractivity contribution in [3.63, 3.8) is 0 Å². The predicted molar refractivity (Wildman–Crippen MR) is 125 cm³/mol. The van der Waals surface area contributed by atoms with Gasteiger partial charge in [-0.2, -0.15) is 0 Å². The Hall–Kier alpha value is -2.61. The Morgan fingerprint density at radius 2 is 1.56 bits per heavy atom. The van der Waals surface area contributed by atoms with Crippen LogP contribution in [0.25, 0.3) is 0 Å². The van der Waals surface area contributed by atoms with Crippen LogP contribution in [0.15, 0.2) is 67.0 Å². The number of nitrogens with zero attached hydrogens (tertiary/aromatic N) is 5. The largest absolute Gasteiger partial charge is 0.389 e. The molecule has 0 amide bonds. The van der Waals surface area contributed by atoms with Gasteiger partial charge in [0.25, 0.3) is 0 Å². The molecular weight excluding hydrogens is 405 g/mol. The maximum Gasteiger partial charge on any atom is 0.150 e. The first kappa shape index (κ1) is 24.0. The smallest absolute Gasteiger partial charge is 0.150 e. The van der Waals surface area contributed by atoms with Crippen LogP contribution in [0.3, 0.4) is 0 Å². The summed E-state index contributed by atoms with van der Waals surface area (Å²) in [4.78, 5) is 4.78. The van der Waals surface area contributed by atoms with Gasteiger partial charge in [0.2, 0.25) is 0 Å². The normalized spacial score (nSPS) is 16.3. The summed E-state index contributed by atoms with van der Waals surface area (Å²) in [6.07, 6.45) is 1.82. The number of piperazine rings is 1. The minimum atomic E-state index is -0.635. The summed E-state index contributed by atoms with van der Waals surface area (Å²) < 4.78 is 14.0. The van der Waals surface area contributed by atoms with Crippen molar-refractivity contribution in [2.75, 3.05) is 32.7 Å². The van der Waals surface area contributed by atoms with Gasteiger partial charge in [-0.25, -0.2) is 4.39 Å². The molecule has 1 aliphatic heterocycles. The zero-order chi connectivity index (χ0) is 23.0. The number of rotatable bonds is 6. The Kier molecular flexibility index (Phi) is 8.50. The molecule has 1 fully saturated rings. The van der Waals surface area contributed by atoms with Gasteiger partial charge in [-0.1, -0.05) is 48.5 Å². The highest BCUT2D eigenvalue weighted by atomic mass is 19.1. The molecule has 1 aliphatic rings. The monoisotopic (exact) mass is 439 g/mol. The number of halogens is 1. The fourth-order valence-corrected chi connectivity index (χ4v) is 3.92. The van der Waals surface area contributed by atoms with Gasteiger partial charge < -0.3 is 9.67 Å². The van der Waals surface area contributed by atoms with Crippen LogP contribution in [0, 0.1) is 5.82 Å². The maximum atomic E-state index is 11.9. The molecular formula is C25H34FN5O. The van der Waals surface area contributed by atoms with E-state index in [1.54, 1.807) is 18.2 Å². The molecule has 4 rings (SSSR count). The first-order chi connectivity index (χ1) is 15.3. The summed E-state index contributed by atoms with van der Waals surface area (Å²) >= 11 is 0. The van der Waals surface area contributed by atoms with Gasteiger partial charge in [-0.15, -0.1) is 10.2 Å². The van der Waals surface area contributed by atoms with Crippen LogP contribution in [0.1, 0.15) is 38.2 Å². The van der Waals surface area contributed by atoms with Crippen LogP contribution in [0.5, 0.6) is 0 Å². The lowest BCUT2D eigenvalue weighted by atomic mass is 10.1. The Labute approximate surface area is 190 Å². The number of aromatic nitrogens is 3. The molecule has 0 bridgehead atoms. The molecule has 0 saturated carbocycles. The van der Waals surface area contributed by atoms with E-state index in [1.165, 1.54) is 17.7 Å². The fraction of sp³-hybridized carbons (Fsp3) is 0.440. The molecule has 1 unspecified atom stereocenters. The van der Waals surface area contributed by atoms with Crippen LogP contribution in [-0.4, -0.2) is 68.0 Å². The van der Waals surface area contributed by atoms with Crippen LogP contribution >= 0.6 is 0 Å². The Bertz CT molecular complexity index is 918. The highest BCUT2D eigenvalue weighted by Gasteiger charge is 2.27.